The highest BCUT2D eigenvalue weighted by Gasteiger charge is 2.39. The summed E-state index contributed by atoms with van der Waals surface area (Å²) in [7, 11) is 0. The van der Waals surface area contributed by atoms with Crippen LogP contribution in [0.4, 0.5) is 8.78 Å². The summed E-state index contributed by atoms with van der Waals surface area (Å²) in [5, 5.41) is 20.7. The highest BCUT2D eigenvalue weighted by Crippen LogP contribution is 2.36. The summed E-state index contributed by atoms with van der Waals surface area (Å²) in [5.41, 5.74) is -1.42. The predicted octanol–water partition coefficient (Wildman–Crippen LogP) is 3.57. The van der Waals surface area contributed by atoms with Gasteiger partial charge >= 0.3 is 0 Å². The van der Waals surface area contributed by atoms with Crippen molar-refractivity contribution in [2.24, 2.45) is 5.92 Å². The van der Waals surface area contributed by atoms with E-state index in [1.54, 1.807) is 0 Å². The lowest BCUT2D eigenvalue weighted by Crippen LogP contribution is -2.46. The fraction of sp³-hybridized carbons (Fsp3) is 0.600. The molecule has 0 saturated heterocycles. The van der Waals surface area contributed by atoms with Gasteiger partial charge in [0, 0.05) is 12.0 Å². The van der Waals surface area contributed by atoms with Gasteiger partial charge in [0.25, 0.3) is 0 Å². The Bertz CT molecular complexity index is 485. The minimum Gasteiger partial charge on any atom is -0.390 e. The van der Waals surface area contributed by atoms with Gasteiger partial charge in [-0.2, -0.15) is 0 Å². The van der Waals surface area contributed by atoms with Crippen LogP contribution in [0.3, 0.4) is 0 Å². The zero-order valence-electron chi connectivity index (χ0n) is 11.4. The fourth-order valence-electron chi connectivity index (χ4n) is 2.73. The lowest BCUT2D eigenvalue weighted by Gasteiger charge is -2.38. The van der Waals surface area contributed by atoms with Crippen LogP contribution in [-0.2, 0) is 6.42 Å². The minimum atomic E-state index is -1.24. The van der Waals surface area contributed by atoms with E-state index >= 15 is 0 Å². The van der Waals surface area contributed by atoms with Crippen molar-refractivity contribution in [2.75, 3.05) is 0 Å². The molecule has 0 radical (unpaired) electrons. The maximum absolute atomic E-state index is 13.9. The number of hydrogen-bond donors (Lipinski definition) is 2. The Labute approximate surface area is 125 Å². The maximum Gasteiger partial charge on any atom is 0.143 e. The quantitative estimate of drug-likeness (QED) is 0.819. The first-order chi connectivity index (χ1) is 9.33. The summed E-state index contributed by atoms with van der Waals surface area (Å²) in [6.45, 7) is 2.10. The van der Waals surface area contributed by atoms with E-state index in [2.05, 4.69) is 22.9 Å². The molecule has 20 heavy (non-hydrogen) atoms. The molecule has 1 fully saturated rings. The number of hydrogen-bond acceptors (Lipinski definition) is 2. The van der Waals surface area contributed by atoms with E-state index in [1.807, 2.05) is 0 Å². The first kappa shape index (κ1) is 15.9. The van der Waals surface area contributed by atoms with E-state index in [0.29, 0.717) is 18.8 Å². The van der Waals surface area contributed by atoms with E-state index in [-0.39, 0.29) is 16.5 Å². The molecule has 5 heteroatoms. The SMILES string of the molecule is CC1CCC(O)(C(O)Cc2c(F)ccc(Br)c2F)CC1. The van der Waals surface area contributed by atoms with Gasteiger partial charge < -0.3 is 10.2 Å². The summed E-state index contributed by atoms with van der Waals surface area (Å²) < 4.78 is 27.7. The monoisotopic (exact) mass is 348 g/mol. The summed E-state index contributed by atoms with van der Waals surface area (Å²) in [4.78, 5) is 0. The van der Waals surface area contributed by atoms with Crippen LogP contribution in [0.2, 0.25) is 0 Å². The Hall–Kier alpha value is -0.520. The smallest absolute Gasteiger partial charge is 0.143 e. The molecule has 1 unspecified atom stereocenters. The van der Waals surface area contributed by atoms with E-state index in [9.17, 15) is 19.0 Å². The lowest BCUT2D eigenvalue weighted by molar-refractivity contribution is -0.102. The van der Waals surface area contributed by atoms with Gasteiger partial charge in [-0.25, -0.2) is 8.78 Å². The fourth-order valence-corrected chi connectivity index (χ4v) is 3.11. The van der Waals surface area contributed by atoms with Crippen molar-refractivity contribution in [1.29, 1.82) is 0 Å². The van der Waals surface area contributed by atoms with Crippen molar-refractivity contribution in [3.63, 3.8) is 0 Å². The van der Waals surface area contributed by atoms with Gasteiger partial charge in [0.05, 0.1) is 16.2 Å². The van der Waals surface area contributed by atoms with Crippen LogP contribution in [0, 0.1) is 17.6 Å². The number of benzene rings is 1. The molecule has 1 aliphatic rings. The molecule has 1 aromatic carbocycles. The summed E-state index contributed by atoms with van der Waals surface area (Å²) in [6.07, 6.45) is 1.18. The van der Waals surface area contributed by atoms with Gasteiger partial charge in [-0.05, 0) is 59.7 Å². The van der Waals surface area contributed by atoms with Crippen LogP contribution in [0.5, 0.6) is 0 Å². The predicted molar refractivity (Wildman–Crippen MR) is 76.4 cm³/mol. The van der Waals surface area contributed by atoms with E-state index < -0.39 is 23.3 Å². The van der Waals surface area contributed by atoms with Crippen LogP contribution in [-0.4, -0.2) is 21.9 Å². The molecular formula is C15H19BrF2O2. The van der Waals surface area contributed by atoms with Crippen molar-refractivity contribution >= 4 is 15.9 Å². The molecule has 2 N–H and O–H groups in total. The van der Waals surface area contributed by atoms with Crippen LogP contribution in [0.15, 0.2) is 16.6 Å². The second kappa shape index (κ2) is 6.08. The van der Waals surface area contributed by atoms with Crippen LogP contribution < -0.4 is 0 Å². The highest BCUT2D eigenvalue weighted by atomic mass is 79.9. The van der Waals surface area contributed by atoms with Gasteiger partial charge in [-0.3, -0.25) is 0 Å². The minimum absolute atomic E-state index is 0.158. The third-order valence-electron chi connectivity index (χ3n) is 4.30. The zero-order chi connectivity index (χ0) is 14.9. The molecule has 112 valence electrons. The standard InChI is InChI=1S/C15H19BrF2O2/c1-9-4-6-15(20,7-5-9)13(19)8-10-12(17)3-2-11(16)14(10)18/h2-3,9,13,19-20H,4-8H2,1H3. The average molecular weight is 349 g/mol. The Morgan fingerprint density at radius 2 is 1.95 bits per heavy atom. The molecule has 1 atom stereocenters. The van der Waals surface area contributed by atoms with Gasteiger partial charge in [0.1, 0.15) is 11.6 Å². The normalized spacial score (nSPS) is 28.4. The average Bonchev–Trinajstić information content (AvgIpc) is 2.42. The molecule has 0 aromatic heterocycles. The Morgan fingerprint density at radius 1 is 1.35 bits per heavy atom. The number of aliphatic hydroxyl groups excluding tert-OH is 1. The second-order valence-corrected chi connectivity index (χ2v) is 6.68. The van der Waals surface area contributed by atoms with Crippen molar-refractivity contribution in [1.82, 2.24) is 0 Å². The second-order valence-electron chi connectivity index (χ2n) is 5.83. The Kier molecular flexibility index (Phi) is 4.82. The molecule has 1 aliphatic carbocycles. The summed E-state index contributed by atoms with van der Waals surface area (Å²) in [6, 6.07) is 2.44. The highest BCUT2D eigenvalue weighted by molar-refractivity contribution is 9.10. The Balaban J connectivity index is 2.16. The van der Waals surface area contributed by atoms with Crippen LogP contribution in [0.25, 0.3) is 0 Å². The van der Waals surface area contributed by atoms with Crippen molar-refractivity contribution in [3.8, 4) is 0 Å². The maximum atomic E-state index is 13.9. The molecule has 1 aromatic rings. The van der Waals surface area contributed by atoms with Gasteiger partial charge in [-0.15, -0.1) is 0 Å². The lowest BCUT2D eigenvalue weighted by atomic mass is 9.75. The van der Waals surface area contributed by atoms with E-state index in [1.165, 1.54) is 6.07 Å². The van der Waals surface area contributed by atoms with Crippen molar-refractivity contribution in [2.45, 2.75) is 50.7 Å². The summed E-state index contributed by atoms with van der Waals surface area (Å²) >= 11 is 3.00. The zero-order valence-corrected chi connectivity index (χ0v) is 13.0. The van der Waals surface area contributed by atoms with Crippen molar-refractivity contribution in [3.05, 3.63) is 33.8 Å². The molecule has 1 saturated carbocycles. The van der Waals surface area contributed by atoms with E-state index in [4.69, 9.17) is 0 Å². The number of rotatable bonds is 3. The molecule has 0 spiro atoms. The molecule has 2 nitrogen and oxygen atoms in total. The molecule has 0 heterocycles. The van der Waals surface area contributed by atoms with Crippen LogP contribution in [0.1, 0.15) is 38.2 Å². The van der Waals surface area contributed by atoms with Gasteiger partial charge in [0.15, 0.2) is 0 Å². The molecule has 0 aliphatic heterocycles. The van der Waals surface area contributed by atoms with Gasteiger partial charge in [0.2, 0.25) is 0 Å². The van der Waals surface area contributed by atoms with Gasteiger partial charge in [-0.1, -0.05) is 6.92 Å². The molecule has 0 bridgehead atoms. The molecule has 2 rings (SSSR count). The molecule has 0 amide bonds. The third kappa shape index (κ3) is 3.21. The molecular weight excluding hydrogens is 330 g/mol. The first-order valence-corrected chi connectivity index (χ1v) is 7.65. The van der Waals surface area contributed by atoms with Crippen LogP contribution >= 0.6 is 15.9 Å². The third-order valence-corrected chi connectivity index (χ3v) is 4.91. The topological polar surface area (TPSA) is 40.5 Å². The number of aliphatic hydroxyl groups is 2. The van der Waals surface area contributed by atoms with Crippen molar-refractivity contribution < 1.29 is 19.0 Å². The summed E-state index contributed by atoms with van der Waals surface area (Å²) in [5.74, 6) is -0.892. The Morgan fingerprint density at radius 3 is 2.55 bits per heavy atom. The van der Waals surface area contributed by atoms with E-state index in [0.717, 1.165) is 18.9 Å². The largest absolute Gasteiger partial charge is 0.390 e. The first-order valence-electron chi connectivity index (χ1n) is 6.86. The number of halogens is 3.